The second-order valence-electron chi connectivity index (χ2n) is 4.64. The van der Waals surface area contributed by atoms with Gasteiger partial charge in [0.15, 0.2) is 0 Å². The number of aromatic nitrogens is 1. The minimum Gasteiger partial charge on any atom is -0.346 e. The minimum atomic E-state index is -0.536. The van der Waals surface area contributed by atoms with Gasteiger partial charge in [-0.05, 0) is 18.4 Å². The number of rotatable bonds is 6. The zero-order valence-electron chi connectivity index (χ0n) is 11.5. The number of carbonyl (C=O) groups excluding carboxylic acids is 1. The van der Waals surface area contributed by atoms with Gasteiger partial charge < -0.3 is 11.1 Å². The summed E-state index contributed by atoms with van der Waals surface area (Å²) in [5, 5.41) is 5.81. The van der Waals surface area contributed by atoms with E-state index in [1.165, 1.54) is 0 Å². The molecule has 3 N–H and O–H groups in total. The highest BCUT2D eigenvalue weighted by molar-refractivity contribution is 7.09. The van der Waals surface area contributed by atoms with Crippen LogP contribution >= 0.6 is 11.3 Å². The van der Waals surface area contributed by atoms with E-state index in [0.717, 1.165) is 17.0 Å². The summed E-state index contributed by atoms with van der Waals surface area (Å²) in [6.07, 6.45) is 3.09. The maximum Gasteiger partial charge on any atom is 0.237 e. The molecule has 0 spiro atoms. The largest absolute Gasteiger partial charge is 0.346 e. The Morgan fingerprint density at radius 1 is 1.40 bits per heavy atom. The molecule has 5 heteroatoms. The van der Waals surface area contributed by atoms with Crippen molar-refractivity contribution in [1.29, 1.82) is 0 Å². The normalized spacial score (nSPS) is 13.7. The van der Waals surface area contributed by atoms with E-state index >= 15 is 0 Å². The van der Waals surface area contributed by atoms with Gasteiger partial charge in [-0.25, -0.2) is 4.98 Å². The lowest BCUT2D eigenvalue weighted by Crippen LogP contribution is -2.43. The van der Waals surface area contributed by atoms with E-state index in [0.29, 0.717) is 6.42 Å². The van der Waals surface area contributed by atoms with Crippen LogP contribution in [0.5, 0.6) is 0 Å². The molecule has 106 valence electrons. The Labute approximate surface area is 123 Å². The molecule has 1 aromatic carbocycles. The molecule has 0 saturated carbocycles. The van der Waals surface area contributed by atoms with E-state index in [1.807, 2.05) is 42.6 Å². The first-order valence-corrected chi connectivity index (χ1v) is 7.58. The molecule has 4 nitrogen and oxygen atoms in total. The molecule has 0 aliphatic rings. The Balaban J connectivity index is 1.93. The maximum atomic E-state index is 12.2. The number of nitrogens with one attached hydrogen (secondary N) is 1. The maximum absolute atomic E-state index is 12.2. The van der Waals surface area contributed by atoms with Crippen LogP contribution in [0.15, 0.2) is 41.9 Å². The topological polar surface area (TPSA) is 68.0 Å². The summed E-state index contributed by atoms with van der Waals surface area (Å²) in [6.45, 7) is 2.02. The van der Waals surface area contributed by atoms with Crippen LogP contribution in [0, 0.1) is 0 Å². The fraction of sp³-hybridized carbons (Fsp3) is 0.333. The van der Waals surface area contributed by atoms with Crippen LogP contribution < -0.4 is 11.1 Å². The van der Waals surface area contributed by atoms with E-state index < -0.39 is 6.04 Å². The lowest BCUT2D eigenvalue weighted by Gasteiger charge is -2.18. The quantitative estimate of drug-likeness (QED) is 0.857. The number of nitrogens with two attached hydrogens (primary N) is 1. The summed E-state index contributed by atoms with van der Waals surface area (Å²) in [5.41, 5.74) is 7.04. The summed E-state index contributed by atoms with van der Waals surface area (Å²) < 4.78 is 0. The van der Waals surface area contributed by atoms with Crippen molar-refractivity contribution < 1.29 is 4.79 Å². The molecule has 1 unspecified atom stereocenters. The number of hydrogen-bond acceptors (Lipinski definition) is 4. The van der Waals surface area contributed by atoms with Gasteiger partial charge in [0.2, 0.25) is 5.91 Å². The summed E-state index contributed by atoms with van der Waals surface area (Å²) in [5.74, 6) is -0.129. The lowest BCUT2D eigenvalue weighted by atomic mass is 10.1. The third kappa shape index (κ3) is 3.88. The third-order valence-electron chi connectivity index (χ3n) is 3.11. The molecule has 0 saturated heterocycles. The fourth-order valence-electron chi connectivity index (χ4n) is 1.98. The van der Waals surface area contributed by atoms with E-state index in [2.05, 4.69) is 10.3 Å². The zero-order valence-corrected chi connectivity index (χ0v) is 12.3. The molecule has 0 aliphatic heterocycles. The Morgan fingerprint density at radius 2 is 2.15 bits per heavy atom. The van der Waals surface area contributed by atoms with Crippen LogP contribution in [0.1, 0.15) is 30.0 Å². The van der Waals surface area contributed by atoms with E-state index in [1.54, 1.807) is 17.5 Å². The fourth-order valence-corrected chi connectivity index (χ4v) is 2.76. The van der Waals surface area contributed by atoms with Crippen LogP contribution in [0.4, 0.5) is 0 Å². The molecule has 0 radical (unpaired) electrons. The Kier molecular flexibility index (Phi) is 5.26. The molecular weight excluding hydrogens is 270 g/mol. The summed E-state index contributed by atoms with van der Waals surface area (Å²) in [7, 11) is 0. The molecule has 1 amide bonds. The second-order valence-corrected chi connectivity index (χ2v) is 5.56. The van der Waals surface area contributed by atoms with Crippen molar-refractivity contribution in [2.75, 3.05) is 0 Å². The number of benzene rings is 1. The number of nitrogens with zero attached hydrogens (tertiary/aromatic N) is 1. The van der Waals surface area contributed by atoms with Crippen molar-refractivity contribution in [3.63, 3.8) is 0 Å². The Hall–Kier alpha value is -1.72. The monoisotopic (exact) mass is 289 g/mol. The summed E-state index contributed by atoms with van der Waals surface area (Å²) in [6, 6.07) is 9.21. The van der Waals surface area contributed by atoms with E-state index in [4.69, 9.17) is 5.73 Å². The zero-order chi connectivity index (χ0) is 14.4. The van der Waals surface area contributed by atoms with Crippen molar-refractivity contribution in [2.45, 2.75) is 31.8 Å². The van der Waals surface area contributed by atoms with Gasteiger partial charge in [-0.3, -0.25) is 4.79 Å². The van der Waals surface area contributed by atoms with Gasteiger partial charge in [0.1, 0.15) is 5.01 Å². The molecule has 1 aromatic heterocycles. The molecule has 1 heterocycles. The van der Waals surface area contributed by atoms with Crippen LogP contribution in [0.3, 0.4) is 0 Å². The van der Waals surface area contributed by atoms with Crippen LogP contribution in [-0.2, 0) is 11.2 Å². The number of thiazole rings is 1. The SMILES string of the molecule is CCC(NC(=O)[C@@H](N)Cc1ccccc1)c1nccs1. The molecular formula is C15H19N3OS. The Morgan fingerprint density at radius 3 is 2.75 bits per heavy atom. The van der Waals surface area contributed by atoms with Gasteiger partial charge in [-0.2, -0.15) is 0 Å². The molecule has 0 bridgehead atoms. The highest BCUT2D eigenvalue weighted by Gasteiger charge is 2.19. The minimum absolute atomic E-state index is 0.0516. The summed E-state index contributed by atoms with van der Waals surface area (Å²) in [4.78, 5) is 16.4. The van der Waals surface area contributed by atoms with Crippen LogP contribution in [-0.4, -0.2) is 16.9 Å². The third-order valence-corrected chi connectivity index (χ3v) is 4.00. The molecule has 2 rings (SSSR count). The van der Waals surface area contributed by atoms with Crippen molar-refractivity contribution in [1.82, 2.24) is 10.3 Å². The summed E-state index contributed by atoms with van der Waals surface area (Å²) >= 11 is 1.55. The Bertz CT molecular complexity index is 527. The van der Waals surface area contributed by atoms with Gasteiger partial charge >= 0.3 is 0 Å². The first-order chi connectivity index (χ1) is 9.70. The molecule has 0 aliphatic carbocycles. The predicted molar refractivity (Wildman–Crippen MR) is 81.4 cm³/mol. The van der Waals surface area contributed by atoms with Gasteiger partial charge in [-0.1, -0.05) is 37.3 Å². The first kappa shape index (κ1) is 14.7. The molecule has 2 aromatic rings. The number of hydrogen-bond donors (Lipinski definition) is 2. The van der Waals surface area contributed by atoms with Crippen molar-refractivity contribution in [2.24, 2.45) is 5.73 Å². The van der Waals surface area contributed by atoms with Gasteiger partial charge in [0, 0.05) is 11.6 Å². The highest BCUT2D eigenvalue weighted by atomic mass is 32.1. The van der Waals surface area contributed by atoms with E-state index in [9.17, 15) is 4.79 Å². The molecule has 2 atom stereocenters. The van der Waals surface area contributed by atoms with Crippen molar-refractivity contribution >= 4 is 17.2 Å². The predicted octanol–water partition coefficient (Wildman–Crippen LogP) is 2.28. The number of amides is 1. The van der Waals surface area contributed by atoms with Crippen LogP contribution in [0.25, 0.3) is 0 Å². The first-order valence-electron chi connectivity index (χ1n) is 6.70. The standard InChI is InChI=1S/C15H19N3OS/c1-2-13(15-17-8-9-20-15)18-14(19)12(16)10-11-6-4-3-5-7-11/h3-9,12-13H,2,10,16H2,1H3,(H,18,19)/t12-,13?/m0/s1. The van der Waals surface area contributed by atoms with Gasteiger partial charge in [0.05, 0.1) is 12.1 Å². The molecule has 0 fully saturated rings. The van der Waals surface area contributed by atoms with Crippen LogP contribution in [0.2, 0.25) is 0 Å². The average molecular weight is 289 g/mol. The second kappa shape index (κ2) is 7.17. The van der Waals surface area contributed by atoms with Crippen molar-refractivity contribution in [3.05, 3.63) is 52.5 Å². The van der Waals surface area contributed by atoms with Gasteiger partial charge in [-0.15, -0.1) is 11.3 Å². The molecule has 20 heavy (non-hydrogen) atoms. The van der Waals surface area contributed by atoms with E-state index in [-0.39, 0.29) is 11.9 Å². The average Bonchev–Trinajstić information content (AvgIpc) is 2.99. The smallest absolute Gasteiger partial charge is 0.237 e. The van der Waals surface area contributed by atoms with Crippen molar-refractivity contribution in [3.8, 4) is 0 Å². The number of carbonyl (C=O) groups is 1. The highest BCUT2D eigenvalue weighted by Crippen LogP contribution is 2.18. The lowest BCUT2D eigenvalue weighted by molar-refractivity contribution is -0.123. The van der Waals surface area contributed by atoms with Gasteiger partial charge in [0.25, 0.3) is 0 Å².